The average molecular weight is 352 g/mol. The van der Waals surface area contributed by atoms with Gasteiger partial charge in [0.05, 0.1) is 12.2 Å². The van der Waals surface area contributed by atoms with Crippen LogP contribution in [0.1, 0.15) is 48.2 Å². The van der Waals surface area contributed by atoms with Crippen LogP contribution in [-0.4, -0.2) is 39.0 Å². The predicted octanol–water partition coefficient (Wildman–Crippen LogP) is 2.50. The quantitative estimate of drug-likeness (QED) is 0.887. The molecule has 136 valence electrons. The van der Waals surface area contributed by atoms with Crippen LogP contribution in [0.4, 0.5) is 0 Å². The van der Waals surface area contributed by atoms with Crippen molar-refractivity contribution in [1.82, 2.24) is 20.4 Å². The van der Waals surface area contributed by atoms with Gasteiger partial charge in [-0.2, -0.15) is 5.10 Å². The minimum atomic E-state index is -0.390. The number of carbonyl (C=O) groups is 2. The number of carbonyl (C=O) groups excluding carboxylic acids is 2. The van der Waals surface area contributed by atoms with Gasteiger partial charge < -0.3 is 10.2 Å². The molecule has 0 radical (unpaired) electrons. The van der Waals surface area contributed by atoms with E-state index < -0.39 is 6.04 Å². The summed E-state index contributed by atoms with van der Waals surface area (Å²) < 4.78 is 0. The van der Waals surface area contributed by atoms with Crippen molar-refractivity contribution in [2.75, 3.05) is 0 Å². The van der Waals surface area contributed by atoms with Crippen LogP contribution in [0.15, 0.2) is 42.6 Å². The molecule has 0 unspecified atom stereocenters. The van der Waals surface area contributed by atoms with Gasteiger partial charge in [0.2, 0.25) is 5.91 Å². The summed E-state index contributed by atoms with van der Waals surface area (Å²) in [7, 11) is 0. The fourth-order valence-electron chi connectivity index (χ4n) is 4.40. The fourth-order valence-corrected chi connectivity index (χ4v) is 4.40. The molecule has 2 fully saturated rings. The van der Waals surface area contributed by atoms with E-state index in [1.807, 2.05) is 41.3 Å². The summed E-state index contributed by atoms with van der Waals surface area (Å²) in [5, 5.41) is 9.72. The number of nitrogens with zero attached hydrogens (tertiary/aromatic N) is 2. The molecule has 1 aliphatic carbocycles. The Bertz CT molecular complexity index is 759. The minimum Gasteiger partial charge on any atom is -0.349 e. The highest BCUT2D eigenvalue weighted by Gasteiger charge is 2.47. The number of amides is 2. The van der Waals surface area contributed by atoms with E-state index in [1.54, 1.807) is 6.20 Å². The number of aromatic nitrogens is 2. The summed E-state index contributed by atoms with van der Waals surface area (Å²) in [6.07, 6.45) is 6.84. The van der Waals surface area contributed by atoms with Crippen LogP contribution in [0.5, 0.6) is 0 Å². The van der Waals surface area contributed by atoms with Crippen molar-refractivity contribution < 1.29 is 9.59 Å². The molecule has 2 N–H and O–H groups in total. The van der Waals surface area contributed by atoms with Gasteiger partial charge in [-0.05, 0) is 43.4 Å². The Morgan fingerprint density at radius 2 is 1.96 bits per heavy atom. The number of H-pyrrole nitrogens is 1. The van der Waals surface area contributed by atoms with Crippen molar-refractivity contribution in [2.24, 2.45) is 5.92 Å². The summed E-state index contributed by atoms with van der Waals surface area (Å²) in [6.45, 7) is 0.401. The zero-order valence-corrected chi connectivity index (χ0v) is 14.7. The Labute approximate surface area is 153 Å². The van der Waals surface area contributed by atoms with Crippen LogP contribution in [0.3, 0.4) is 0 Å². The first-order valence-electron chi connectivity index (χ1n) is 9.37. The molecule has 1 saturated carbocycles. The Morgan fingerprint density at radius 3 is 2.73 bits per heavy atom. The van der Waals surface area contributed by atoms with Gasteiger partial charge in [0.25, 0.3) is 5.91 Å². The number of likely N-dealkylation sites (tertiary alicyclic amines) is 1. The second-order valence-electron chi connectivity index (χ2n) is 7.24. The third-order valence-corrected chi connectivity index (χ3v) is 5.66. The van der Waals surface area contributed by atoms with Gasteiger partial charge in [0.1, 0.15) is 6.04 Å². The number of aromatic amines is 1. The van der Waals surface area contributed by atoms with Crippen molar-refractivity contribution in [3.63, 3.8) is 0 Å². The van der Waals surface area contributed by atoms with E-state index in [0.717, 1.165) is 31.4 Å². The predicted molar refractivity (Wildman–Crippen MR) is 97.2 cm³/mol. The van der Waals surface area contributed by atoms with Crippen molar-refractivity contribution >= 4 is 11.8 Å². The fraction of sp³-hybridized carbons (Fsp3) is 0.450. The van der Waals surface area contributed by atoms with Crippen LogP contribution in [0, 0.1) is 5.92 Å². The second-order valence-corrected chi connectivity index (χ2v) is 7.24. The molecular weight excluding hydrogens is 328 g/mol. The molecule has 1 aromatic heterocycles. The minimum absolute atomic E-state index is 0.0262. The first-order chi connectivity index (χ1) is 12.7. The molecular formula is C20H24N4O2. The topological polar surface area (TPSA) is 78.1 Å². The molecule has 1 aliphatic heterocycles. The average Bonchev–Trinajstić information content (AvgIpc) is 3.34. The van der Waals surface area contributed by atoms with E-state index in [2.05, 4.69) is 15.5 Å². The largest absolute Gasteiger partial charge is 0.349 e. The maximum Gasteiger partial charge on any atom is 0.254 e. The Hall–Kier alpha value is -2.63. The molecule has 1 aromatic carbocycles. The number of hydrogen-bond acceptors (Lipinski definition) is 3. The third kappa shape index (κ3) is 3.23. The van der Waals surface area contributed by atoms with E-state index in [1.165, 1.54) is 6.42 Å². The lowest BCUT2D eigenvalue weighted by molar-refractivity contribution is -0.125. The Balaban J connectivity index is 1.54. The van der Waals surface area contributed by atoms with Gasteiger partial charge in [0.15, 0.2) is 0 Å². The summed E-state index contributed by atoms with van der Waals surface area (Å²) in [5.74, 6) is 0.333. The summed E-state index contributed by atoms with van der Waals surface area (Å²) >= 11 is 0. The Kier molecular flexibility index (Phi) is 4.73. The highest BCUT2D eigenvalue weighted by molar-refractivity contribution is 5.98. The van der Waals surface area contributed by atoms with Crippen molar-refractivity contribution in [1.29, 1.82) is 0 Å². The molecule has 2 aliphatic rings. The van der Waals surface area contributed by atoms with Crippen molar-refractivity contribution in [2.45, 2.75) is 50.7 Å². The van der Waals surface area contributed by atoms with Crippen molar-refractivity contribution in [3.8, 4) is 0 Å². The molecule has 0 spiro atoms. The molecule has 6 nitrogen and oxygen atoms in total. The van der Waals surface area contributed by atoms with Gasteiger partial charge >= 0.3 is 0 Å². The van der Waals surface area contributed by atoms with Gasteiger partial charge in [-0.3, -0.25) is 14.7 Å². The summed E-state index contributed by atoms with van der Waals surface area (Å²) in [4.78, 5) is 27.9. The first-order valence-corrected chi connectivity index (χ1v) is 9.37. The van der Waals surface area contributed by atoms with E-state index in [-0.39, 0.29) is 17.9 Å². The molecule has 2 heterocycles. The molecule has 3 atom stereocenters. The smallest absolute Gasteiger partial charge is 0.254 e. The van der Waals surface area contributed by atoms with Gasteiger partial charge in [-0.25, -0.2) is 0 Å². The van der Waals surface area contributed by atoms with Gasteiger partial charge in [-0.1, -0.05) is 31.0 Å². The number of nitrogens with one attached hydrogen (secondary N) is 2. The highest BCUT2D eigenvalue weighted by atomic mass is 16.2. The second kappa shape index (κ2) is 7.32. The van der Waals surface area contributed by atoms with E-state index in [4.69, 9.17) is 0 Å². The summed E-state index contributed by atoms with van der Waals surface area (Å²) in [5.41, 5.74) is 1.51. The lowest BCUT2D eigenvalue weighted by atomic mass is 9.84. The van der Waals surface area contributed by atoms with Crippen LogP contribution < -0.4 is 5.32 Å². The summed E-state index contributed by atoms with van der Waals surface area (Å²) in [6, 6.07) is 10.9. The van der Waals surface area contributed by atoms with Crippen LogP contribution in [0.25, 0.3) is 0 Å². The zero-order chi connectivity index (χ0) is 17.9. The van der Waals surface area contributed by atoms with Crippen LogP contribution in [0.2, 0.25) is 0 Å². The normalized spacial score (nSPS) is 24.9. The maximum absolute atomic E-state index is 13.2. The third-order valence-electron chi connectivity index (χ3n) is 5.66. The number of rotatable bonds is 4. The number of fused-ring (bicyclic) bond motifs is 1. The molecule has 6 heteroatoms. The number of benzene rings is 1. The van der Waals surface area contributed by atoms with E-state index >= 15 is 0 Å². The monoisotopic (exact) mass is 352 g/mol. The lowest BCUT2D eigenvalue weighted by Gasteiger charge is -2.33. The van der Waals surface area contributed by atoms with Crippen LogP contribution in [-0.2, 0) is 11.3 Å². The highest BCUT2D eigenvalue weighted by Crippen LogP contribution is 2.40. The molecule has 2 aromatic rings. The Morgan fingerprint density at radius 1 is 1.15 bits per heavy atom. The van der Waals surface area contributed by atoms with E-state index in [0.29, 0.717) is 18.0 Å². The lowest BCUT2D eigenvalue weighted by Crippen LogP contribution is -2.49. The zero-order valence-electron chi connectivity index (χ0n) is 14.7. The maximum atomic E-state index is 13.2. The molecule has 0 bridgehead atoms. The standard InChI is InChI=1S/C20H24N4O2/c25-19(21-13-16-10-11-22-23-16)18-12-15-8-4-5-9-17(15)24(18)20(26)14-6-2-1-3-7-14/h1-3,6-7,10-11,15,17-18H,4-5,8-9,12-13H2,(H,21,25)(H,22,23)/t15-,17+,18+/m1/s1. The van der Waals surface area contributed by atoms with E-state index in [9.17, 15) is 9.59 Å². The van der Waals surface area contributed by atoms with Gasteiger partial charge in [0, 0.05) is 17.8 Å². The van der Waals surface area contributed by atoms with Crippen LogP contribution >= 0.6 is 0 Å². The SMILES string of the molecule is O=C(NCc1ccn[nH]1)[C@@H]1C[C@H]2CCCC[C@@H]2N1C(=O)c1ccccc1. The molecule has 4 rings (SSSR count). The van der Waals surface area contributed by atoms with Gasteiger partial charge in [-0.15, -0.1) is 0 Å². The molecule has 26 heavy (non-hydrogen) atoms. The first kappa shape index (κ1) is 16.8. The molecule has 2 amide bonds. The van der Waals surface area contributed by atoms with Crippen molar-refractivity contribution in [3.05, 3.63) is 53.9 Å². The molecule has 1 saturated heterocycles. The number of hydrogen-bond donors (Lipinski definition) is 2.